The average Bonchev–Trinajstić information content (AvgIpc) is 3.62. The van der Waals surface area contributed by atoms with E-state index in [1.54, 1.807) is 12.3 Å². The number of thiophene rings is 1. The number of amides is 2. The van der Waals surface area contributed by atoms with Crippen LogP contribution in [0.3, 0.4) is 0 Å². The molecule has 178 valence electrons. The Kier molecular flexibility index (Phi) is 5.26. The standard InChI is InChI=1S/C25H22ClN5O3S/c1-2-22(32)30-8-7-25(13-30)10-16(11-25)31-18-4-3-15(26)9-17(18)28-24(31)29-23(33)21-6-5-20(35-21)19-12-27-14-34-19/h2-6,9,12,14,16H,1,7-8,10-11,13H2,(H,28,29,33)/t16-,25-. The highest BCUT2D eigenvalue weighted by Crippen LogP contribution is 2.55. The third-order valence-corrected chi connectivity index (χ3v) is 8.34. The van der Waals surface area contributed by atoms with E-state index in [-0.39, 0.29) is 23.3 Å². The van der Waals surface area contributed by atoms with Crippen molar-refractivity contribution in [2.75, 3.05) is 18.4 Å². The molecule has 2 fully saturated rings. The Morgan fingerprint density at radius 2 is 2.14 bits per heavy atom. The molecule has 4 heterocycles. The fraction of sp³-hybridized carbons (Fsp3) is 0.280. The first-order valence-electron chi connectivity index (χ1n) is 11.3. The van der Waals surface area contributed by atoms with E-state index in [1.165, 1.54) is 23.8 Å². The molecule has 0 atom stereocenters. The lowest BCUT2D eigenvalue weighted by molar-refractivity contribution is -0.125. The molecule has 1 N–H and O–H groups in total. The molecule has 0 bridgehead atoms. The maximum Gasteiger partial charge on any atom is 0.268 e. The van der Waals surface area contributed by atoms with Gasteiger partial charge in [-0.15, -0.1) is 11.3 Å². The van der Waals surface area contributed by atoms with Gasteiger partial charge >= 0.3 is 0 Å². The summed E-state index contributed by atoms with van der Waals surface area (Å²) < 4.78 is 7.45. The van der Waals surface area contributed by atoms with Crippen LogP contribution in [-0.2, 0) is 4.79 Å². The van der Waals surface area contributed by atoms with Crippen LogP contribution >= 0.6 is 22.9 Å². The first-order chi connectivity index (χ1) is 16.9. The Morgan fingerprint density at radius 3 is 2.91 bits per heavy atom. The second kappa shape index (κ2) is 8.35. The van der Waals surface area contributed by atoms with Gasteiger partial charge in [-0.3, -0.25) is 14.9 Å². The summed E-state index contributed by atoms with van der Waals surface area (Å²) in [6.45, 7) is 5.11. The molecule has 1 saturated carbocycles. The molecule has 6 rings (SSSR count). The highest BCUT2D eigenvalue weighted by Gasteiger charge is 2.50. The van der Waals surface area contributed by atoms with Crippen LogP contribution in [-0.4, -0.2) is 44.3 Å². The third-order valence-electron chi connectivity index (χ3n) is 7.01. The Balaban J connectivity index is 1.27. The molecular formula is C25H22ClN5O3S. The lowest BCUT2D eigenvalue weighted by atomic mass is 9.65. The minimum atomic E-state index is -0.235. The van der Waals surface area contributed by atoms with Gasteiger partial charge in [0.1, 0.15) is 0 Å². The normalized spacial score (nSPS) is 21.4. The number of fused-ring (bicyclic) bond motifs is 1. The van der Waals surface area contributed by atoms with Gasteiger partial charge in [0.25, 0.3) is 5.91 Å². The summed E-state index contributed by atoms with van der Waals surface area (Å²) in [5, 5.41) is 3.61. The molecule has 4 aromatic rings. The number of nitrogens with zero attached hydrogens (tertiary/aromatic N) is 4. The summed E-state index contributed by atoms with van der Waals surface area (Å²) in [7, 11) is 0. The summed E-state index contributed by atoms with van der Waals surface area (Å²) in [5.74, 6) is 0.873. The van der Waals surface area contributed by atoms with Gasteiger partial charge in [0.2, 0.25) is 11.9 Å². The quantitative estimate of drug-likeness (QED) is 0.365. The van der Waals surface area contributed by atoms with Gasteiger partial charge in [0.05, 0.1) is 27.0 Å². The molecule has 1 aliphatic carbocycles. The lowest BCUT2D eigenvalue weighted by Gasteiger charge is -2.46. The number of anilines is 1. The third kappa shape index (κ3) is 3.84. The molecule has 2 aliphatic rings. The first kappa shape index (κ1) is 22.1. The van der Waals surface area contributed by atoms with Crippen LogP contribution in [0.4, 0.5) is 5.95 Å². The van der Waals surface area contributed by atoms with Gasteiger partial charge < -0.3 is 13.9 Å². The monoisotopic (exact) mass is 507 g/mol. The summed E-state index contributed by atoms with van der Waals surface area (Å²) in [6.07, 6.45) is 7.18. The number of carbonyl (C=O) groups is 2. The number of benzene rings is 1. The zero-order valence-electron chi connectivity index (χ0n) is 18.7. The van der Waals surface area contributed by atoms with Crippen molar-refractivity contribution in [3.05, 3.63) is 65.5 Å². The number of aromatic nitrogens is 3. The highest BCUT2D eigenvalue weighted by atomic mass is 35.5. The van der Waals surface area contributed by atoms with Crippen molar-refractivity contribution < 1.29 is 14.0 Å². The SMILES string of the molecule is C=CC(=O)N1CC[C@]2(C1)C[C@H](n1c(NC(=O)c3ccc(-c4cnco4)s3)nc3cc(Cl)ccc31)C2. The number of hydrogen-bond acceptors (Lipinski definition) is 6. The largest absolute Gasteiger partial charge is 0.443 e. The number of imidazole rings is 1. The van der Waals surface area contributed by atoms with Crippen molar-refractivity contribution >= 4 is 51.7 Å². The smallest absolute Gasteiger partial charge is 0.268 e. The van der Waals surface area contributed by atoms with E-state index >= 15 is 0 Å². The summed E-state index contributed by atoms with van der Waals surface area (Å²) in [6, 6.07) is 9.37. The van der Waals surface area contributed by atoms with Crippen molar-refractivity contribution in [2.24, 2.45) is 5.41 Å². The maximum absolute atomic E-state index is 13.1. The van der Waals surface area contributed by atoms with Crippen LogP contribution in [0.15, 0.2) is 60.0 Å². The summed E-state index contributed by atoms with van der Waals surface area (Å²) in [5.41, 5.74) is 1.76. The van der Waals surface area contributed by atoms with E-state index in [0.717, 1.165) is 48.3 Å². The number of likely N-dealkylation sites (tertiary alicyclic amines) is 1. The second-order valence-corrected chi connectivity index (χ2v) is 10.7. The van der Waals surface area contributed by atoms with Crippen LogP contribution in [0.1, 0.15) is 35.0 Å². The number of halogens is 1. The molecule has 35 heavy (non-hydrogen) atoms. The van der Waals surface area contributed by atoms with Gasteiger partial charge in [0, 0.05) is 24.2 Å². The van der Waals surface area contributed by atoms with E-state index in [2.05, 4.69) is 21.4 Å². The van der Waals surface area contributed by atoms with Gasteiger partial charge in [-0.05, 0) is 61.1 Å². The van der Waals surface area contributed by atoms with E-state index in [4.69, 9.17) is 21.0 Å². The van der Waals surface area contributed by atoms with Crippen molar-refractivity contribution in [3.63, 3.8) is 0 Å². The van der Waals surface area contributed by atoms with Crippen molar-refractivity contribution in [2.45, 2.75) is 25.3 Å². The molecule has 1 aliphatic heterocycles. The lowest BCUT2D eigenvalue weighted by Crippen LogP contribution is -2.42. The Bertz CT molecular complexity index is 1450. The number of rotatable bonds is 5. The molecule has 1 spiro atoms. The van der Waals surface area contributed by atoms with Crippen LogP contribution in [0, 0.1) is 5.41 Å². The van der Waals surface area contributed by atoms with Gasteiger partial charge in [-0.25, -0.2) is 9.97 Å². The first-order valence-corrected chi connectivity index (χ1v) is 12.5. The number of hydrogen-bond donors (Lipinski definition) is 1. The number of nitrogens with one attached hydrogen (secondary N) is 1. The highest BCUT2D eigenvalue weighted by molar-refractivity contribution is 7.17. The van der Waals surface area contributed by atoms with Gasteiger partial charge in [-0.1, -0.05) is 18.2 Å². The molecule has 10 heteroatoms. The molecule has 8 nitrogen and oxygen atoms in total. The van der Waals surface area contributed by atoms with Gasteiger partial charge in [0.15, 0.2) is 12.2 Å². The van der Waals surface area contributed by atoms with Crippen molar-refractivity contribution in [1.29, 1.82) is 0 Å². The van der Waals surface area contributed by atoms with Crippen molar-refractivity contribution in [3.8, 4) is 10.6 Å². The second-order valence-electron chi connectivity index (χ2n) is 9.20. The van der Waals surface area contributed by atoms with Gasteiger partial charge in [-0.2, -0.15) is 0 Å². The Labute approximate surface area is 210 Å². The van der Waals surface area contributed by atoms with E-state index < -0.39 is 0 Å². The van der Waals surface area contributed by atoms with Crippen LogP contribution in [0.25, 0.3) is 21.7 Å². The maximum atomic E-state index is 13.1. The molecule has 0 unspecified atom stereocenters. The fourth-order valence-corrected chi connectivity index (χ4v) is 6.35. The molecular weight excluding hydrogens is 486 g/mol. The molecule has 0 radical (unpaired) electrons. The van der Waals surface area contributed by atoms with E-state index in [1.807, 2.05) is 29.2 Å². The predicted octanol–water partition coefficient (Wildman–Crippen LogP) is 5.40. The van der Waals surface area contributed by atoms with Crippen LogP contribution < -0.4 is 5.32 Å². The predicted molar refractivity (Wildman–Crippen MR) is 135 cm³/mol. The van der Waals surface area contributed by atoms with Crippen LogP contribution in [0.2, 0.25) is 5.02 Å². The minimum absolute atomic E-state index is 0.0124. The zero-order chi connectivity index (χ0) is 24.2. The number of oxazole rings is 1. The summed E-state index contributed by atoms with van der Waals surface area (Å²) in [4.78, 5) is 37.1. The van der Waals surface area contributed by atoms with Crippen LogP contribution in [0.5, 0.6) is 0 Å². The molecule has 1 saturated heterocycles. The molecule has 3 aromatic heterocycles. The Morgan fingerprint density at radius 1 is 1.29 bits per heavy atom. The van der Waals surface area contributed by atoms with Crippen molar-refractivity contribution in [1.82, 2.24) is 19.4 Å². The Hall–Kier alpha value is -3.43. The van der Waals surface area contributed by atoms with E-state index in [0.29, 0.717) is 21.6 Å². The fourth-order valence-electron chi connectivity index (χ4n) is 5.33. The van der Waals surface area contributed by atoms with E-state index in [9.17, 15) is 9.59 Å². The molecule has 2 amide bonds. The average molecular weight is 508 g/mol. The zero-order valence-corrected chi connectivity index (χ0v) is 20.3. The minimum Gasteiger partial charge on any atom is -0.443 e. The number of carbonyl (C=O) groups excluding carboxylic acids is 2. The topological polar surface area (TPSA) is 93.3 Å². The molecule has 1 aromatic carbocycles. The summed E-state index contributed by atoms with van der Waals surface area (Å²) >= 11 is 7.56.